The van der Waals surface area contributed by atoms with E-state index in [2.05, 4.69) is 14.7 Å². The van der Waals surface area contributed by atoms with Crippen LogP contribution >= 0.6 is 0 Å². The van der Waals surface area contributed by atoms with Crippen LogP contribution in [0.25, 0.3) is 0 Å². The molecule has 0 aliphatic carbocycles. The number of benzene rings is 2. The second-order valence-corrected chi connectivity index (χ2v) is 7.39. The first kappa shape index (κ1) is 17.0. The zero-order chi connectivity index (χ0) is 18.7. The Morgan fingerprint density at radius 3 is 2.63 bits per heavy atom. The summed E-state index contributed by atoms with van der Waals surface area (Å²) in [6, 6.07) is 15.1. The molecule has 0 unspecified atom stereocenters. The summed E-state index contributed by atoms with van der Waals surface area (Å²) < 4.78 is 37.9. The van der Waals surface area contributed by atoms with E-state index in [0.717, 1.165) is 5.56 Å². The number of rotatable bonds is 5. The number of sulfonamides is 1. The molecule has 0 bridgehead atoms. The van der Waals surface area contributed by atoms with Gasteiger partial charge in [-0.3, -0.25) is 14.7 Å². The Morgan fingerprint density at radius 1 is 1.04 bits per heavy atom. The third-order valence-corrected chi connectivity index (χ3v) is 5.22. The number of pyridine rings is 1. The van der Waals surface area contributed by atoms with E-state index in [9.17, 15) is 8.42 Å². The summed E-state index contributed by atoms with van der Waals surface area (Å²) in [7, 11) is -3.68. The monoisotopic (exact) mass is 381 g/mol. The van der Waals surface area contributed by atoms with Crippen LogP contribution < -0.4 is 14.2 Å². The average molecular weight is 381 g/mol. The maximum absolute atomic E-state index is 12.4. The predicted molar refractivity (Wildman–Crippen MR) is 101 cm³/mol. The highest BCUT2D eigenvalue weighted by Gasteiger charge is 2.14. The van der Waals surface area contributed by atoms with Crippen LogP contribution in [0.5, 0.6) is 11.5 Å². The van der Waals surface area contributed by atoms with E-state index in [1.54, 1.807) is 36.7 Å². The third kappa shape index (κ3) is 3.90. The van der Waals surface area contributed by atoms with Gasteiger partial charge in [0.15, 0.2) is 11.5 Å². The summed E-state index contributed by atoms with van der Waals surface area (Å²) in [5.74, 6) is 1.39. The second kappa shape index (κ2) is 7.08. The van der Waals surface area contributed by atoms with Crippen molar-refractivity contribution in [2.24, 2.45) is 4.99 Å². The molecule has 1 aliphatic rings. The van der Waals surface area contributed by atoms with Crippen LogP contribution in [0, 0.1) is 0 Å². The van der Waals surface area contributed by atoms with E-state index in [1.807, 2.05) is 18.2 Å². The number of fused-ring (bicyclic) bond motifs is 1. The van der Waals surface area contributed by atoms with Crippen molar-refractivity contribution in [2.45, 2.75) is 4.90 Å². The van der Waals surface area contributed by atoms with Crippen molar-refractivity contribution < 1.29 is 17.9 Å². The fourth-order valence-electron chi connectivity index (χ4n) is 2.49. The molecule has 8 heteroatoms. The van der Waals surface area contributed by atoms with Gasteiger partial charge in [0.25, 0.3) is 10.0 Å². The summed E-state index contributed by atoms with van der Waals surface area (Å²) >= 11 is 0. The molecule has 4 rings (SSSR count). The minimum atomic E-state index is -3.68. The van der Waals surface area contributed by atoms with Crippen LogP contribution in [-0.4, -0.2) is 26.4 Å². The van der Waals surface area contributed by atoms with Crippen LogP contribution in [0.3, 0.4) is 0 Å². The molecule has 3 aromatic rings. The lowest BCUT2D eigenvalue weighted by Gasteiger charge is -2.07. The molecule has 1 aliphatic heterocycles. The van der Waals surface area contributed by atoms with Gasteiger partial charge < -0.3 is 9.47 Å². The van der Waals surface area contributed by atoms with E-state index in [4.69, 9.17) is 9.47 Å². The highest BCUT2D eigenvalue weighted by Crippen LogP contribution is 2.32. The fourth-order valence-corrected chi connectivity index (χ4v) is 3.53. The van der Waals surface area contributed by atoms with Crippen molar-refractivity contribution in [1.29, 1.82) is 0 Å². The van der Waals surface area contributed by atoms with Gasteiger partial charge in [0.2, 0.25) is 6.79 Å². The van der Waals surface area contributed by atoms with Gasteiger partial charge in [-0.1, -0.05) is 0 Å². The SMILES string of the molecule is O=S(=O)(Nc1cccnc1)c1ccc(N=Cc2ccc3c(c2)OCO3)cc1. The van der Waals surface area contributed by atoms with Crippen molar-refractivity contribution in [2.75, 3.05) is 11.5 Å². The van der Waals surface area contributed by atoms with E-state index >= 15 is 0 Å². The second-order valence-electron chi connectivity index (χ2n) is 5.71. The summed E-state index contributed by atoms with van der Waals surface area (Å²) in [6.07, 6.45) is 4.70. The van der Waals surface area contributed by atoms with Crippen LogP contribution in [0.15, 0.2) is 76.9 Å². The Morgan fingerprint density at radius 2 is 1.85 bits per heavy atom. The highest BCUT2D eigenvalue weighted by atomic mass is 32.2. The lowest BCUT2D eigenvalue weighted by atomic mass is 10.2. The fraction of sp³-hybridized carbons (Fsp3) is 0.0526. The standard InChI is InChI=1S/C19H15N3O4S/c23-27(24,22-16-2-1-9-20-12-16)17-6-4-15(5-7-17)21-11-14-3-8-18-19(10-14)26-13-25-18/h1-12,22H,13H2. The summed E-state index contributed by atoms with van der Waals surface area (Å²) in [6.45, 7) is 0.221. The largest absolute Gasteiger partial charge is 0.454 e. The van der Waals surface area contributed by atoms with Crippen LogP contribution in [0.4, 0.5) is 11.4 Å². The molecule has 27 heavy (non-hydrogen) atoms. The first-order valence-corrected chi connectivity index (χ1v) is 9.55. The number of nitrogens with zero attached hydrogens (tertiary/aromatic N) is 2. The molecule has 0 atom stereocenters. The zero-order valence-corrected chi connectivity index (χ0v) is 14.9. The van der Waals surface area contributed by atoms with E-state index < -0.39 is 10.0 Å². The average Bonchev–Trinajstić information content (AvgIpc) is 3.15. The van der Waals surface area contributed by atoms with Crippen molar-refractivity contribution in [1.82, 2.24) is 4.98 Å². The first-order valence-electron chi connectivity index (χ1n) is 8.07. The molecule has 0 amide bonds. The van der Waals surface area contributed by atoms with E-state index in [0.29, 0.717) is 22.9 Å². The Hall–Kier alpha value is -3.39. The van der Waals surface area contributed by atoms with Gasteiger partial charge in [0.05, 0.1) is 22.5 Å². The lowest BCUT2D eigenvalue weighted by Crippen LogP contribution is -2.12. The van der Waals surface area contributed by atoms with Crippen LogP contribution in [0.1, 0.15) is 5.56 Å². The van der Waals surface area contributed by atoms with E-state index in [-0.39, 0.29) is 11.7 Å². The number of nitrogens with one attached hydrogen (secondary N) is 1. The lowest BCUT2D eigenvalue weighted by molar-refractivity contribution is 0.174. The van der Waals surface area contributed by atoms with Gasteiger partial charge in [-0.25, -0.2) is 8.42 Å². The van der Waals surface area contributed by atoms with Gasteiger partial charge in [0.1, 0.15) is 0 Å². The normalized spacial score (nSPS) is 13.0. The van der Waals surface area contributed by atoms with Gasteiger partial charge >= 0.3 is 0 Å². The molecule has 1 N–H and O–H groups in total. The van der Waals surface area contributed by atoms with Crippen molar-refractivity contribution in [3.05, 3.63) is 72.6 Å². The van der Waals surface area contributed by atoms with Crippen molar-refractivity contribution in [3.63, 3.8) is 0 Å². The molecule has 0 fully saturated rings. The number of anilines is 1. The van der Waals surface area contributed by atoms with Gasteiger partial charge in [-0.15, -0.1) is 0 Å². The molecule has 0 radical (unpaired) electrons. The molecule has 136 valence electrons. The van der Waals surface area contributed by atoms with Crippen LogP contribution in [0.2, 0.25) is 0 Å². The molecule has 0 saturated heterocycles. The topological polar surface area (TPSA) is 89.9 Å². The number of aliphatic imine (C=N–C) groups is 1. The van der Waals surface area contributed by atoms with Gasteiger partial charge in [-0.2, -0.15) is 0 Å². The quantitative estimate of drug-likeness (QED) is 0.685. The minimum Gasteiger partial charge on any atom is -0.454 e. The first-order chi connectivity index (χ1) is 13.1. The summed E-state index contributed by atoms with van der Waals surface area (Å²) in [5, 5.41) is 0. The predicted octanol–water partition coefficient (Wildman–Crippen LogP) is 3.36. The maximum atomic E-state index is 12.4. The molecule has 2 heterocycles. The maximum Gasteiger partial charge on any atom is 0.261 e. The highest BCUT2D eigenvalue weighted by molar-refractivity contribution is 7.92. The van der Waals surface area contributed by atoms with E-state index in [1.165, 1.54) is 18.3 Å². The zero-order valence-electron chi connectivity index (χ0n) is 14.1. The molecule has 2 aromatic carbocycles. The molecular weight excluding hydrogens is 366 g/mol. The molecule has 1 aromatic heterocycles. The summed E-state index contributed by atoms with van der Waals surface area (Å²) in [4.78, 5) is 8.40. The minimum absolute atomic E-state index is 0.147. The number of ether oxygens (including phenoxy) is 2. The number of hydrogen-bond donors (Lipinski definition) is 1. The summed E-state index contributed by atoms with van der Waals surface area (Å²) in [5.41, 5.74) is 1.89. The number of hydrogen-bond acceptors (Lipinski definition) is 6. The van der Waals surface area contributed by atoms with Gasteiger partial charge in [0, 0.05) is 12.4 Å². The van der Waals surface area contributed by atoms with Crippen LogP contribution in [-0.2, 0) is 10.0 Å². The Kier molecular flexibility index (Phi) is 4.47. The Labute approximate surface area is 156 Å². The number of aromatic nitrogens is 1. The molecular formula is C19H15N3O4S. The molecule has 7 nitrogen and oxygen atoms in total. The van der Waals surface area contributed by atoms with Crippen molar-refractivity contribution >= 4 is 27.6 Å². The van der Waals surface area contributed by atoms with Gasteiger partial charge in [-0.05, 0) is 60.2 Å². The molecule has 0 spiro atoms. The van der Waals surface area contributed by atoms with Crippen molar-refractivity contribution in [3.8, 4) is 11.5 Å². The smallest absolute Gasteiger partial charge is 0.261 e. The molecule has 0 saturated carbocycles. The Bertz CT molecular complexity index is 1080. The Balaban J connectivity index is 1.48. The third-order valence-electron chi connectivity index (χ3n) is 3.82.